The van der Waals surface area contributed by atoms with Crippen LogP contribution in [0.15, 0.2) is 21.2 Å². The zero-order valence-corrected chi connectivity index (χ0v) is 30.6. The predicted molar refractivity (Wildman–Crippen MR) is 178 cm³/mol. The number of fused-ring (bicyclic) bond motifs is 2. The number of Topliss-reactive ketones (excluding diaryl/α,β-unsaturated/α-hetero) is 2. The maximum atomic E-state index is 12.3. The van der Waals surface area contributed by atoms with Gasteiger partial charge in [-0.05, 0) is 40.5 Å². The van der Waals surface area contributed by atoms with Gasteiger partial charge in [-0.3, -0.25) is 19.2 Å². The number of thioether (sulfide) groups is 2. The van der Waals surface area contributed by atoms with Crippen molar-refractivity contribution in [1.82, 2.24) is 20.0 Å². The molecule has 0 aliphatic carbocycles. The number of hydrogen-bond acceptors (Lipinski definition) is 14. The highest BCUT2D eigenvalue weighted by molar-refractivity contribution is 8.04. The number of aliphatic hydroxyl groups excluding tert-OH is 2. The van der Waals surface area contributed by atoms with Crippen molar-refractivity contribution in [2.45, 2.75) is 101 Å². The molecule has 4 fully saturated rings. The Balaban J connectivity index is 0.000000199. The third-order valence-corrected chi connectivity index (χ3v) is 13.8. The average Bonchev–Trinajstić information content (AvgIpc) is 3.77. The SMILES string of the molecule is CC(=O)C1CC(SC2=C(C(=O)O)N3C(=O)C(C(C)O)C3C2C)CN1.CC(=O)C1CC(SC2=C(C(=O)[O-])N3C(=O)C(C(C)O)C3C2C)CN1C(=O)[O-]. The number of β-lactam (4-membered cyclic amide) rings is 2. The Hall–Kier alpha value is -3.45. The van der Waals surface area contributed by atoms with E-state index >= 15 is 0 Å². The van der Waals surface area contributed by atoms with Crippen molar-refractivity contribution in [3.05, 3.63) is 21.2 Å². The molecule has 12 atom stereocenters. The molecule has 0 aromatic rings. The zero-order chi connectivity index (χ0) is 38.0. The maximum Gasteiger partial charge on any atom is 0.353 e. The third-order valence-electron chi connectivity index (χ3n) is 10.7. The van der Waals surface area contributed by atoms with Crippen LogP contribution < -0.4 is 15.5 Å². The van der Waals surface area contributed by atoms with E-state index in [1.165, 1.54) is 30.5 Å². The molecule has 280 valence electrons. The van der Waals surface area contributed by atoms with Gasteiger partial charge in [0.15, 0.2) is 5.78 Å². The number of nitrogens with zero attached hydrogens (tertiary/aromatic N) is 3. The van der Waals surface area contributed by atoms with Crippen LogP contribution in [-0.2, 0) is 28.8 Å². The quantitative estimate of drug-likeness (QED) is 0.178. The van der Waals surface area contributed by atoms with Gasteiger partial charge in [0.1, 0.15) is 17.6 Å². The van der Waals surface area contributed by atoms with Crippen molar-refractivity contribution in [3.63, 3.8) is 0 Å². The number of aliphatic carboxylic acids is 2. The molecule has 6 aliphatic heterocycles. The molecule has 0 spiro atoms. The number of likely N-dealkylation sites (tertiary alicyclic amines) is 1. The summed E-state index contributed by atoms with van der Waals surface area (Å²) in [5.74, 6) is -5.28. The number of rotatable bonds is 10. The van der Waals surface area contributed by atoms with Crippen LogP contribution in [0.2, 0.25) is 0 Å². The number of aliphatic hydroxyl groups is 2. The number of hydrogen-bond donors (Lipinski definition) is 4. The van der Waals surface area contributed by atoms with E-state index in [1.807, 2.05) is 6.92 Å². The molecule has 6 aliphatic rings. The minimum absolute atomic E-state index is 0.0340. The molecule has 0 saturated carbocycles. The first-order valence-corrected chi connectivity index (χ1v) is 18.6. The number of carboxylic acids is 2. The van der Waals surface area contributed by atoms with Crippen LogP contribution in [0.5, 0.6) is 0 Å². The highest BCUT2D eigenvalue weighted by atomic mass is 32.2. The van der Waals surface area contributed by atoms with Crippen molar-refractivity contribution in [3.8, 4) is 0 Å². The molecule has 3 amide bonds. The van der Waals surface area contributed by atoms with Gasteiger partial charge in [-0.25, -0.2) is 4.79 Å². The minimum atomic E-state index is -1.48. The van der Waals surface area contributed by atoms with Gasteiger partial charge in [-0.15, -0.1) is 23.5 Å². The van der Waals surface area contributed by atoms with Crippen LogP contribution >= 0.6 is 23.5 Å². The molecule has 0 radical (unpaired) electrons. The molecule has 4 saturated heterocycles. The first-order chi connectivity index (χ1) is 23.8. The van der Waals surface area contributed by atoms with Crippen LogP contribution in [0, 0.1) is 23.7 Å². The fraction of sp³-hybridized carbons (Fsp3) is 0.667. The van der Waals surface area contributed by atoms with E-state index in [0.717, 1.165) is 21.6 Å². The number of carbonyl (C=O) groups excluding carboxylic acids is 6. The highest BCUT2D eigenvalue weighted by Gasteiger charge is 2.61. The van der Waals surface area contributed by atoms with Crippen LogP contribution in [-0.4, -0.2) is 131 Å². The third kappa shape index (κ3) is 6.69. The number of amides is 3. The molecule has 51 heavy (non-hydrogen) atoms. The summed E-state index contributed by atoms with van der Waals surface area (Å²) in [6, 6.07) is -1.75. The molecule has 0 aromatic heterocycles. The fourth-order valence-corrected chi connectivity index (χ4v) is 11.3. The molecule has 6 heterocycles. The smallest absolute Gasteiger partial charge is 0.353 e. The van der Waals surface area contributed by atoms with Gasteiger partial charge in [-0.1, -0.05) is 13.8 Å². The molecule has 6 rings (SSSR count). The Morgan fingerprint density at radius 2 is 1.29 bits per heavy atom. The lowest BCUT2D eigenvalue weighted by molar-refractivity contribution is -0.301. The molecular formula is C33H42N4O12S2-2. The standard InChI is InChI=1S/C17H22N2O7S.C16H22N2O5S/c1-6-12-11(8(3)21)15(22)19(12)13(16(23)24)14(6)27-9-4-10(7(2)20)18(5-9)17(25)26;1-6-12-11(8(3)20)15(21)18(12)13(16(22)23)14(6)24-9-4-10(7(2)19)17-5-9/h6,8-12,21H,4-5H2,1-3H3,(H,23,24)(H,25,26);6,8-12,17,20H,4-5H2,1-3H3,(H,22,23)/p-2. The predicted octanol–water partition coefficient (Wildman–Crippen LogP) is -1.89. The van der Waals surface area contributed by atoms with Gasteiger partial charge >= 0.3 is 5.97 Å². The fourth-order valence-electron chi connectivity index (χ4n) is 8.28. The van der Waals surface area contributed by atoms with E-state index in [4.69, 9.17) is 0 Å². The highest BCUT2D eigenvalue weighted by Crippen LogP contribution is 2.53. The van der Waals surface area contributed by atoms with Gasteiger partial charge in [0.05, 0.1) is 59.9 Å². The summed E-state index contributed by atoms with van der Waals surface area (Å²) in [4.78, 5) is 87.0. The molecule has 4 N–H and O–H groups in total. The van der Waals surface area contributed by atoms with E-state index in [2.05, 4.69) is 5.32 Å². The van der Waals surface area contributed by atoms with Gasteiger partial charge in [0.25, 0.3) is 0 Å². The van der Waals surface area contributed by atoms with Gasteiger partial charge < -0.3 is 55.1 Å². The van der Waals surface area contributed by atoms with E-state index in [-0.39, 0.29) is 76.3 Å². The molecule has 0 aromatic carbocycles. The van der Waals surface area contributed by atoms with Crippen molar-refractivity contribution in [2.75, 3.05) is 13.1 Å². The first kappa shape index (κ1) is 38.8. The second-order valence-corrected chi connectivity index (χ2v) is 16.8. The molecule has 0 bridgehead atoms. The van der Waals surface area contributed by atoms with Gasteiger partial charge in [-0.2, -0.15) is 0 Å². The normalized spacial score (nSPS) is 35.1. The van der Waals surface area contributed by atoms with Crippen LogP contribution in [0.3, 0.4) is 0 Å². The van der Waals surface area contributed by atoms with E-state index in [0.29, 0.717) is 22.8 Å². The van der Waals surface area contributed by atoms with E-state index < -0.39 is 60.1 Å². The molecule has 16 nitrogen and oxygen atoms in total. The number of nitrogens with one attached hydrogen (secondary N) is 1. The number of ketones is 2. The summed E-state index contributed by atoms with van der Waals surface area (Å²) in [6.07, 6.45) is -2.25. The Labute approximate surface area is 302 Å². The van der Waals surface area contributed by atoms with Crippen LogP contribution in [0.25, 0.3) is 0 Å². The lowest BCUT2D eigenvalue weighted by Gasteiger charge is -2.47. The summed E-state index contributed by atoms with van der Waals surface area (Å²) in [5.41, 5.74) is -0.170. The van der Waals surface area contributed by atoms with Crippen molar-refractivity contribution >= 4 is 64.9 Å². The van der Waals surface area contributed by atoms with Crippen molar-refractivity contribution < 1.29 is 59.1 Å². The summed E-state index contributed by atoms with van der Waals surface area (Å²) < 4.78 is 0. The summed E-state index contributed by atoms with van der Waals surface area (Å²) >= 11 is 2.62. The monoisotopic (exact) mass is 750 g/mol. The van der Waals surface area contributed by atoms with Crippen molar-refractivity contribution in [1.29, 1.82) is 0 Å². The summed E-state index contributed by atoms with van der Waals surface area (Å²) in [6.45, 7) is 10.2. The van der Waals surface area contributed by atoms with Crippen LogP contribution in [0.4, 0.5) is 4.79 Å². The van der Waals surface area contributed by atoms with Gasteiger partial charge in [0, 0.05) is 45.2 Å². The molecule has 18 heteroatoms. The van der Waals surface area contributed by atoms with Crippen molar-refractivity contribution in [2.24, 2.45) is 23.7 Å². The molecular weight excluding hydrogens is 709 g/mol. The lowest BCUT2D eigenvalue weighted by Crippen LogP contribution is -2.64. The Bertz CT molecular complexity index is 1590. The largest absolute Gasteiger partial charge is 0.543 e. The number of carboxylic acid groups (broad SMARTS) is 3. The first-order valence-electron chi connectivity index (χ1n) is 16.8. The Morgan fingerprint density at radius 1 is 0.804 bits per heavy atom. The topological polar surface area (TPSA) is 248 Å². The summed E-state index contributed by atoms with van der Waals surface area (Å²) in [7, 11) is 0. The van der Waals surface area contributed by atoms with E-state index in [1.54, 1.807) is 20.8 Å². The number of carbonyl (C=O) groups is 7. The minimum Gasteiger partial charge on any atom is -0.543 e. The van der Waals surface area contributed by atoms with Gasteiger partial charge in [0.2, 0.25) is 11.8 Å². The van der Waals surface area contributed by atoms with E-state index in [9.17, 15) is 59.1 Å². The second kappa shape index (κ2) is 14.5. The lowest BCUT2D eigenvalue weighted by atomic mass is 9.79. The zero-order valence-electron chi connectivity index (χ0n) is 28.9. The molecule has 12 unspecified atom stereocenters. The maximum absolute atomic E-state index is 12.3. The second-order valence-electron chi connectivity index (χ2n) is 14.1. The Morgan fingerprint density at radius 3 is 1.69 bits per heavy atom. The average molecular weight is 751 g/mol. The van der Waals surface area contributed by atoms with Crippen LogP contribution in [0.1, 0.15) is 54.4 Å². The Kier molecular flexibility index (Phi) is 11.0. The summed E-state index contributed by atoms with van der Waals surface area (Å²) in [5, 5.41) is 55.1.